The molecule has 0 fully saturated rings. The van der Waals surface area contributed by atoms with E-state index in [1.54, 1.807) is 12.3 Å². The molecule has 0 aliphatic carbocycles. The van der Waals surface area contributed by atoms with Gasteiger partial charge in [-0.05, 0) is 53.5 Å². The lowest BCUT2D eigenvalue weighted by atomic mass is 10.1. The van der Waals surface area contributed by atoms with Crippen LogP contribution in [-0.2, 0) is 4.79 Å². The van der Waals surface area contributed by atoms with Crippen LogP contribution in [0, 0.1) is 25.2 Å². The number of carbonyl (C=O) groups excluding carboxylic acids is 1. The fraction of sp³-hybridized carbons (Fsp3) is 0.118. The smallest absolute Gasteiger partial charge is 0.267 e. The van der Waals surface area contributed by atoms with Gasteiger partial charge in [-0.15, -0.1) is 0 Å². The molecule has 116 valence electrons. The minimum Gasteiger partial charge on any atom is -0.345 e. The summed E-state index contributed by atoms with van der Waals surface area (Å²) in [5, 5.41) is 14.7. The first-order valence-electron chi connectivity index (χ1n) is 6.86. The van der Waals surface area contributed by atoms with Crippen LogP contribution in [0.5, 0.6) is 0 Å². The van der Waals surface area contributed by atoms with Crippen molar-refractivity contribution in [1.82, 2.24) is 4.98 Å². The molecule has 2 aromatic rings. The van der Waals surface area contributed by atoms with E-state index in [9.17, 15) is 4.79 Å². The van der Waals surface area contributed by atoms with Crippen LogP contribution in [0.3, 0.4) is 0 Å². The van der Waals surface area contributed by atoms with Gasteiger partial charge in [0.2, 0.25) is 0 Å². The van der Waals surface area contributed by atoms with E-state index in [2.05, 4.69) is 31.5 Å². The summed E-state index contributed by atoms with van der Waals surface area (Å²) < 4.78 is 0.847. The Morgan fingerprint density at radius 2 is 2.09 bits per heavy atom. The number of halogens is 1. The number of pyridine rings is 1. The van der Waals surface area contributed by atoms with E-state index in [0.29, 0.717) is 11.5 Å². The molecule has 1 aromatic heterocycles. The van der Waals surface area contributed by atoms with Crippen LogP contribution in [0.2, 0.25) is 0 Å². The molecule has 1 aromatic carbocycles. The zero-order chi connectivity index (χ0) is 16.8. The van der Waals surface area contributed by atoms with Crippen LogP contribution in [0.4, 0.5) is 11.5 Å². The van der Waals surface area contributed by atoms with Crippen molar-refractivity contribution in [3.63, 3.8) is 0 Å². The number of nitrogens with one attached hydrogen (secondary N) is 2. The van der Waals surface area contributed by atoms with Gasteiger partial charge >= 0.3 is 0 Å². The quantitative estimate of drug-likeness (QED) is 0.631. The average Bonchev–Trinajstić information content (AvgIpc) is 2.52. The summed E-state index contributed by atoms with van der Waals surface area (Å²) in [6, 6.07) is 11.1. The molecular weight excluding hydrogens is 356 g/mol. The zero-order valence-electron chi connectivity index (χ0n) is 12.7. The number of hydrogen-bond acceptors (Lipinski definition) is 4. The first kappa shape index (κ1) is 16.7. The minimum atomic E-state index is -0.468. The van der Waals surface area contributed by atoms with E-state index >= 15 is 0 Å². The molecule has 0 atom stereocenters. The van der Waals surface area contributed by atoms with Gasteiger partial charge in [-0.2, -0.15) is 5.26 Å². The van der Waals surface area contributed by atoms with Gasteiger partial charge in [-0.1, -0.05) is 17.7 Å². The molecule has 0 spiro atoms. The van der Waals surface area contributed by atoms with Crippen LogP contribution in [0.25, 0.3) is 0 Å². The van der Waals surface area contributed by atoms with E-state index in [-0.39, 0.29) is 5.57 Å². The Kier molecular flexibility index (Phi) is 5.50. The Morgan fingerprint density at radius 3 is 2.70 bits per heavy atom. The standard InChI is InChI=1S/C17H15BrN4O/c1-11-3-5-15(12(2)7-11)22-17(23)13(8-19)9-20-16-6-4-14(18)10-21-16/h3-7,9-10H,1-2H3,(H,20,21)(H,22,23)/b13-9-. The molecule has 0 saturated heterocycles. The highest BCUT2D eigenvalue weighted by atomic mass is 79.9. The second kappa shape index (κ2) is 7.56. The number of aromatic nitrogens is 1. The minimum absolute atomic E-state index is 0.0327. The number of aryl methyl sites for hydroxylation is 2. The molecule has 6 heteroatoms. The third-order valence-corrected chi connectivity index (χ3v) is 3.56. The normalized spacial score (nSPS) is 10.8. The third kappa shape index (κ3) is 4.66. The summed E-state index contributed by atoms with van der Waals surface area (Å²) >= 11 is 3.29. The average molecular weight is 371 g/mol. The summed E-state index contributed by atoms with van der Waals surface area (Å²) in [6.07, 6.45) is 2.97. The van der Waals surface area contributed by atoms with E-state index in [1.807, 2.05) is 44.2 Å². The molecule has 2 N–H and O–H groups in total. The van der Waals surface area contributed by atoms with Gasteiger partial charge in [-0.25, -0.2) is 4.98 Å². The number of carbonyl (C=O) groups is 1. The summed E-state index contributed by atoms with van der Waals surface area (Å²) in [4.78, 5) is 16.3. The van der Waals surface area contributed by atoms with Crippen molar-refractivity contribution in [3.8, 4) is 6.07 Å². The largest absolute Gasteiger partial charge is 0.345 e. The molecule has 0 saturated carbocycles. The molecule has 23 heavy (non-hydrogen) atoms. The van der Waals surface area contributed by atoms with Crippen LogP contribution in [0.15, 0.2) is 52.8 Å². The highest BCUT2D eigenvalue weighted by molar-refractivity contribution is 9.10. The van der Waals surface area contributed by atoms with Crippen molar-refractivity contribution in [3.05, 3.63) is 63.9 Å². The van der Waals surface area contributed by atoms with E-state index in [4.69, 9.17) is 5.26 Å². The van der Waals surface area contributed by atoms with Gasteiger partial charge in [-0.3, -0.25) is 4.79 Å². The first-order valence-corrected chi connectivity index (χ1v) is 7.66. The Balaban J connectivity index is 2.10. The molecular formula is C17H15BrN4O. The van der Waals surface area contributed by atoms with Crippen molar-refractivity contribution in [2.75, 3.05) is 10.6 Å². The number of rotatable bonds is 4. The van der Waals surface area contributed by atoms with Crippen molar-refractivity contribution >= 4 is 33.3 Å². The third-order valence-electron chi connectivity index (χ3n) is 3.09. The van der Waals surface area contributed by atoms with Gasteiger partial charge in [0, 0.05) is 22.6 Å². The fourth-order valence-electron chi connectivity index (χ4n) is 1.90. The lowest BCUT2D eigenvalue weighted by molar-refractivity contribution is -0.112. The van der Waals surface area contributed by atoms with Crippen LogP contribution < -0.4 is 10.6 Å². The number of nitrogens with zero attached hydrogens (tertiary/aromatic N) is 2. The summed E-state index contributed by atoms with van der Waals surface area (Å²) in [5.41, 5.74) is 2.70. The molecule has 1 heterocycles. The maximum absolute atomic E-state index is 12.2. The maximum Gasteiger partial charge on any atom is 0.267 e. The van der Waals surface area contributed by atoms with Crippen LogP contribution >= 0.6 is 15.9 Å². The van der Waals surface area contributed by atoms with E-state index < -0.39 is 5.91 Å². The van der Waals surface area contributed by atoms with Gasteiger partial charge < -0.3 is 10.6 Å². The molecule has 0 aliphatic heterocycles. The molecule has 0 unspecified atom stereocenters. The SMILES string of the molecule is Cc1ccc(NC(=O)/C(C#N)=C\Nc2ccc(Br)cn2)c(C)c1. The number of hydrogen-bond donors (Lipinski definition) is 2. The number of amides is 1. The molecule has 0 bridgehead atoms. The maximum atomic E-state index is 12.2. The zero-order valence-corrected chi connectivity index (χ0v) is 14.3. The van der Waals surface area contributed by atoms with Crippen molar-refractivity contribution in [1.29, 1.82) is 5.26 Å². The molecule has 2 rings (SSSR count). The first-order chi connectivity index (χ1) is 11.0. The fourth-order valence-corrected chi connectivity index (χ4v) is 2.13. The molecule has 1 amide bonds. The Hall–Kier alpha value is -2.65. The number of anilines is 2. The van der Waals surface area contributed by atoms with E-state index in [1.165, 1.54) is 6.20 Å². The predicted molar refractivity (Wildman–Crippen MR) is 93.8 cm³/mol. The van der Waals surface area contributed by atoms with Crippen molar-refractivity contribution in [2.45, 2.75) is 13.8 Å². The summed E-state index contributed by atoms with van der Waals surface area (Å²) in [5.74, 6) is 0.0735. The number of benzene rings is 1. The topological polar surface area (TPSA) is 77.8 Å². The summed E-state index contributed by atoms with van der Waals surface area (Å²) in [7, 11) is 0. The van der Waals surface area contributed by atoms with E-state index in [0.717, 1.165) is 15.6 Å². The second-order valence-electron chi connectivity index (χ2n) is 4.95. The van der Waals surface area contributed by atoms with Crippen LogP contribution in [0.1, 0.15) is 11.1 Å². The highest BCUT2D eigenvalue weighted by Gasteiger charge is 2.10. The number of nitriles is 1. The lowest BCUT2D eigenvalue weighted by Crippen LogP contribution is -2.15. The lowest BCUT2D eigenvalue weighted by Gasteiger charge is -2.08. The Morgan fingerprint density at radius 1 is 1.30 bits per heavy atom. The monoisotopic (exact) mass is 370 g/mol. The second-order valence-corrected chi connectivity index (χ2v) is 5.86. The van der Waals surface area contributed by atoms with Crippen molar-refractivity contribution in [2.24, 2.45) is 0 Å². The highest BCUT2D eigenvalue weighted by Crippen LogP contribution is 2.17. The molecule has 5 nitrogen and oxygen atoms in total. The molecule has 0 radical (unpaired) electrons. The van der Waals surface area contributed by atoms with Crippen LogP contribution in [-0.4, -0.2) is 10.9 Å². The summed E-state index contributed by atoms with van der Waals surface area (Å²) in [6.45, 7) is 3.89. The van der Waals surface area contributed by atoms with Gasteiger partial charge in [0.05, 0.1) is 0 Å². The predicted octanol–water partition coefficient (Wildman–Crippen LogP) is 3.92. The van der Waals surface area contributed by atoms with Gasteiger partial charge in [0.1, 0.15) is 17.5 Å². The van der Waals surface area contributed by atoms with Gasteiger partial charge in [0.25, 0.3) is 5.91 Å². The Bertz CT molecular complexity index is 791. The molecule has 0 aliphatic rings. The van der Waals surface area contributed by atoms with Gasteiger partial charge in [0.15, 0.2) is 0 Å². The Labute approximate surface area is 143 Å². The van der Waals surface area contributed by atoms with Crippen molar-refractivity contribution < 1.29 is 4.79 Å².